The van der Waals surface area contributed by atoms with Gasteiger partial charge >= 0.3 is 0 Å². The molecule has 17 heavy (non-hydrogen) atoms. The van der Waals surface area contributed by atoms with E-state index in [2.05, 4.69) is 46.2 Å². The van der Waals surface area contributed by atoms with Crippen LogP contribution in [0.5, 0.6) is 0 Å². The average molecular weight is 320 g/mol. The molecule has 0 atom stereocenters. The van der Waals surface area contributed by atoms with Crippen molar-refractivity contribution in [2.24, 2.45) is 0 Å². The third-order valence-electron chi connectivity index (χ3n) is 2.55. The molecule has 0 radical (unpaired) electrons. The molecule has 96 valence electrons. The molecule has 0 unspecified atom stereocenters. The Morgan fingerprint density at radius 1 is 1.35 bits per heavy atom. The highest BCUT2D eigenvalue weighted by molar-refractivity contribution is 9.10. The average Bonchev–Trinajstić information content (AvgIpc) is 2.28. The van der Waals surface area contributed by atoms with Crippen molar-refractivity contribution in [1.82, 2.24) is 10.2 Å². The number of hydrogen-bond acceptors (Lipinski definition) is 2. The van der Waals surface area contributed by atoms with Gasteiger partial charge in [0.15, 0.2) is 0 Å². The van der Waals surface area contributed by atoms with Gasteiger partial charge in [0.05, 0.1) is 0 Å². The molecule has 0 saturated heterocycles. The molecule has 1 N–H and O–H groups in total. The highest BCUT2D eigenvalue weighted by atomic mass is 79.9. The molecule has 0 amide bonds. The van der Waals surface area contributed by atoms with Gasteiger partial charge in [0.1, 0.15) is 0 Å². The van der Waals surface area contributed by atoms with Crippen LogP contribution in [0.2, 0.25) is 5.02 Å². The van der Waals surface area contributed by atoms with Crippen molar-refractivity contribution < 1.29 is 0 Å². The topological polar surface area (TPSA) is 15.3 Å². The molecule has 0 bridgehead atoms. The Morgan fingerprint density at radius 3 is 2.76 bits per heavy atom. The van der Waals surface area contributed by atoms with Crippen LogP contribution in [-0.2, 0) is 6.54 Å². The lowest BCUT2D eigenvalue weighted by Gasteiger charge is -2.17. The highest BCUT2D eigenvalue weighted by Crippen LogP contribution is 2.22. The quantitative estimate of drug-likeness (QED) is 0.773. The minimum atomic E-state index is 0.827. The normalized spacial score (nSPS) is 11.1. The van der Waals surface area contributed by atoms with E-state index >= 15 is 0 Å². The van der Waals surface area contributed by atoms with Gasteiger partial charge in [-0.05, 0) is 37.7 Å². The second kappa shape index (κ2) is 8.09. The zero-order valence-electron chi connectivity index (χ0n) is 10.5. The van der Waals surface area contributed by atoms with E-state index in [0.29, 0.717) is 0 Å². The fourth-order valence-electron chi connectivity index (χ4n) is 1.59. The smallest absolute Gasteiger partial charge is 0.0462 e. The summed E-state index contributed by atoms with van der Waals surface area (Å²) in [5.41, 5.74) is 1.17. The van der Waals surface area contributed by atoms with Gasteiger partial charge in [-0.15, -0.1) is 0 Å². The monoisotopic (exact) mass is 318 g/mol. The molecule has 0 aliphatic rings. The van der Waals surface area contributed by atoms with Crippen molar-refractivity contribution in [3.63, 3.8) is 0 Å². The molecule has 0 aromatic heterocycles. The van der Waals surface area contributed by atoms with E-state index in [1.165, 1.54) is 12.0 Å². The molecular weight excluding hydrogens is 300 g/mol. The lowest BCUT2D eigenvalue weighted by molar-refractivity contribution is 0.324. The summed E-state index contributed by atoms with van der Waals surface area (Å²) in [6.45, 7) is 6.22. The van der Waals surface area contributed by atoms with Crippen molar-refractivity contribution in [3.8, 4) is 0 Å². The maximum absolute atomic E-state index is 6.19. The Hall–Kier alpha value is -0.0900. The molecule has 0 saturated carbocycles. The van der Waals surface area contributed by atoms with Crippen LogP contribution in [0, 0.1) is 0 Å². The molecule has 0 aliphatic carbocycles. The molecule has 0 aliphatic heterocycles. The largest absolute Gasteiger partial charge is 0.315 e. The van der Waals surface area contributed by atoms with Gasteiger partial charge < -0.3 is 10.2 Å². The van der Waals surface area contributed by atoms with Crippen LogP contribution in [0.3, 0.4) is 0 Å². The third-order valence-corrected chi connectivity index (χ3v) is 3.40. The zero-order chi connectivity index (χ0) is 12.7. The fourth-order valence-corrected chi connectivity index (χ4v) is 2.32. The number of halogens is 2. The zero-order valence-corrected chi connectivity index (χ0v) is 12.8. The summed E-state index contributed by atoms with van der Waals surface area (Å²) >= 11 is 9.60. The second-order valence-corrected chi connectivity index (χ2v) is 5.55. The highest BCUT2D eigenvalue weighted by Gasteiger charge is 2.04. The van der Waals surface area contributed by atoms with Gasteiger partial charge in [-0.25, -0.2) is 0 Å². The summed E-state index contributed by atoms with van der Waals surface area (Å²) in [5.74, 6) is 0. The molecule has 0 heterocycles. The standard InChI is InChI=1S/C13H20BrClN2/c1-3-6-16-7-8-17(2)10-11-4-5-12(14)9-13(11)15/h4-5,9,16H,3,6-8,10H2,1-2H3. The number of benzene rings is 1. The number of rotatable bonds is 7. The first-order valence-electron chi connectivity index (χ1n) is 5.96. The van der Waals surface area contributed by atoms with E-state index in [9.17, 15) is 0 Å². The Labute approximate surface area is 117 Å². The van der Waals surface area contributed by atoms with Crippen LogP contribution in [-0.4, -0.2) is 31.6 Å². The summed E-state index contributed by atoms with van der Waals surface area (Å²) in [7, 11) is 2.12. The Kier molecular flexibility index (Phi) is 7.12. The lowest BCUT2D eigenvalue weighted by atomic mass is 10.2. The minimum absolute atomic E-state index is 0.827. The first-order chi connectivity index (χ1) is 8.13. The van der Waals surface area contributed by atoms with Crippen molar-refractivity contribution in [2.45, 2.75) is 19.9 Å². The number of hydrogen-bond donors (Lipinski definition) is 1. The van der Waals surface area contributed by atoms with E-state index in [0.717, 1.165) is 35.7 Å². The van der Waals surface area contributed by atoms with Gasteiger partial charge in [0.2, 0.25) is 0 Å². The van der Waals surface area contributed by atoms with Crippen LogP contribution >= 0.6 is 27.5 Å². The van der Waals surface area contributed by atoms with Gasteiger partial charge in [-0.3, -0.25) is 0 Å². The maximum Gasteiger partial charge on any atom is 0.0462 e. The van der Waals surface area contributed by atoms with Crippen LogP contribution < -0.4 is 5.32 Å². The number of nitrogens with one attached hydrogen (secondary N) is 1. The van der Waals surface area contributed by atoms with E-state index in [4.69, 9.17) is 11.6 Å². The van der Waals surface area contributed by atoms with Crippen LogP contribution in [0.4, 0.5) is 0 Å². The van der Waals surface area contributed by atoms with Crippen LogP contribution in [0.25, 0.3) is 0 Å². The first-order valence-corrected chi connectivity index (χ1v) is 7.13. The van der Waals surface area contributed by atoms with Gasteiger partial charge in [0.25, 0.3) is 0 Å². The predicted molar refractivity (Wildman–Crippen MR) is 78.6 cm³/mol. The van der Waals surface area contributed by atoms with E-state index in [1.54, 1.807) is 0 Å². The van der Waals surface area contributed by atoms with Gasteiger partial charge in [-0.2, -0.15) is 0 Å². The molecule has 1 aromatic rings. The Balaban J connectivity index is 2.37. The fraction of sp³-hybridized carbons (Fsp3) is 0.538. The lowest BCUT2D eigenvalue weighted by Crippen LogP contribution is -2.29. The summed E-state index contributed by atoms with van der Waals surface area (Å²) in [4.78, 5) is 2.28. The van der Waals surface area contributed by atoms with Crippen molar-refractivity contribution in [1.29, 1.82) is 0 Å². The Morgan fingerprint density at radius 2 is 2.12 bits per heavy atom. The molecule has 2 nitrogen and oxygen atoms in total. The van der Waals surface area contributed by atoms with Crippen LogP contribution in [0.1, 0.15) is 18.9 Å². The summed E-state index contributed by atoms with van der Waals surface area (Å²) < 4.78 is 1.03. The van der Waals surface area contributed by atoms with E-state index < -0.39 is 0 Å². The second-order valence-electron chi connectivity index (χ2n) is 4.22. The van der Waals surface area contributed by atoms with Crippen molar-refractivity contribution in [3.05, 3.63) is 33.3 Å². The summed E-state index contributed by atoms with van der Waals surface area (Å²) in [6, 6.07) is 6.05. The number of nitrogens with zero attached hydrogens (tertiary/aromatic N) is 1. The molecule has 1 rings (SSSR count). The molecule has 1 aromatic carbocycles. The first kappa shape index (κ1) is 15.0. The predicted octanol–water partition coefficient (Wildman–Crippen LogP) is 3.53. The van der Waals surface area contributed by atoms with Gasteiger partial charge in [0, 0.05) is 29.1 Å². The SMILES string of the molecule is CCCNCCN(C)Cc1ccc(Br)cc1Cl. The van der Waals surface area contributed by atoms with Crippen molar-refractivity contribution in [2.75, 3.05) is 26.7 Å². The Bertz CT molecular complexity index is 344. The molecule has 4 heteroatoms. The van der Waals surface area contributed by atoms with E-state index in [-0.39, 0.29) is 0 Å². The third kappa shape index (κ3) is 5.87. The van der Waals surface area contributed by atoms with E-state index in [1.807, 2.05) is 12.1 Å². The maximum atomic E-state index is 6.19. The minimum Gasteiger partial charge on any atom is -0.315 e. The van der Waals surface area contributed by atoms with Gasteiger partial charge in [-0.1, -0.05) is 40.5 Å². The molecule has 0 fully saturated rings. The molecule has 0 spiro atoms. The van der Waals surface area contributed by atoms with Crippen LogP contribution in [0.15, 0.2) is 22.7 Å². The summed E-state index contributed by atoms with van der Waals surface area (Å²) in [5, 5.41) is 4.22. The van der Waals surface area contributed by atoms with Crippen molar-refractivity contribution >= 4 is 27.5 Å². The number of likely N-dealkylation sites (N-methyl/N-ethyl adjacent to an activating group) is 1. The summed E-state index contributed by atoms with van der Waals surface area (Å²) in [6.07, 6.45) is 1.18. The molecular formula is C13H20BrClN2.